The largest absolute Gasteiger partial charge is 0.478 e. The van der Waals surface area contributed by atoms with E-state index in [4.69, 9.17) is 5.11 Å². The predicted molar refractivity (Wildman–Crippen MR) is 101 cm³/mol. The predicted octanol–water partition coefficient (Wildman–Crippen LogP) is 4.03. The van der Waals surface area contributed by atoms with Crippen LogP contribution in [0.15, 0.2) is 42.5 Å². The van der Waals surface area contributed by atoms with Crippen molar-refractivity contribution in [1.82, 2.24) is 4.90 Å². The molecule has 0 aromatic heterocycles. The smallest absolute Gasteiger partial charge is 0.335 e. The Morgan fingerprint density at radius 3 is 2.50 bits per heavy atom. The molecule has 0 atom stereocenters. The number of aromatic carboxylic acids is 1. The summed E-state index contributed by atoms with van der Waals surface area (Å²) in [5.74, 6) is -0.269. The van der Waals surface area contributed by atoms with Gasteiger partial charge in [0.05, 0.1) is 5.56 Å². The summed E-state index contributed by atoms with van der Waals surface area (Å²) in [5, 5.41) is 8.94. The Bertz CT molecular complexity index is 809. The average molecular weight is 351 g/mol. The van der Waals surface area contributed by atoms with Crippen molar-refractivity contribution in [3.63, 3.8) is 0 Å². The van der Waals surface area contributed by atoms with E-state index >= 15 is 0 Å². The van der Waals surface area contributed by atoms with Gasteiger partial charge in [0.2, 0.25) is 5.91 Å². The van der Waals surface area contributed by atoms with Crippen LogP contribution in [0.5, 0.6) is 0 Å². The van der Waals surface area contributed by atoms with E-state index in [0.29, 0.717) is 25.3 Å². The van der Waals surface area contributed by atoms with Crippen LogP contribution in [-0.2, 0) is 24.2 Å². The van der Waals surface area contributed by atoms with Crippen molar-refractivity contribution in [3.8, 4) is 0 Å². The van der Waals surface area contributed by atoms with Gasteiger partial charge in [-0.1, -0.05) is 44.2 Å². The van der Waals surface area contributed by atoms with Crippen molar-refractivity contribution in [2.24, 2.45) is 0 Å². The highest BCUT2D eigenvalue weighted by Crippen LogP contribution is 2.27. The van der Waals surface area contributed by atoms with Gasteiger partial charge in [-0.15, -0.1) is 0 Å². The molecule has 0 saturated heterocycles. The van der Waals surface area contributed by atoms with Crippen LogP contribution in [0.1, 0.15) is 58.8 Å². The van der Waals surface area contributed by atoms with Gasteiger partial charge in [0.25, 0.3) is 0 Å². The molecule has 1 aliphatic rings. The van der Waals surface area contributed by atoms with Gasteiger partial charge in [-0.25, -0.2) is 4.79 Å². The number of nitrogens with zero attached hydrogens (tertiary/aromatic N) is 1. The molecular formula is C22H25NO3. The fraction of sp³-hybridized carbons (Fsp3) is 0.364. The number of amides is 1. The van der Waals surface area contributed by atoms with E-state index in [0.717, 1.165) is 18.5 Å². The van der Waals surface area contributed by atoms with E-state index < -0.39 is 5.97 Å². The van der Waals surface area contributed by atoms with Gasteiger partial charge < -0.3 is 10.0 Å². The lowest BCUT2D eigenvalue weighted by Crippen LogP contribution is -2.36. The van der Waals surface area contributed by atoms with Crippen LogP contribution in [-0.4, -0.2) is 28.4 Å². The van der Waals surface area contributed by atoms with E-state index in [1.54, 1.807) is 24.3 Å². The molecule has 0 unspecified atom stereocenters. The molecule has 0 bridgehead atoms. The van der Waals surface area contributed by atoms with Gasteiger partial charge in [-0.05, 0) is 53.1 Å². The SMILES string of the molecule is CC(C)c1cccc2c1CCN(C(=O)CCc1ccc(C(=O)O)cc1)C2. The molecule has 0 radical (unpaired) electrons. The zero-order valence-electron chi connectivity index (χ0n) is 15.4. The highest BCUT2D eigenvalue weighted by molar-refractivity contribution is 5.87. The number of aryl methyl sites for hydroxylation is 1. The minimum atomic E-state index is -0.930. The summed E-state index contributed by atoms with van der Waals surface area (Å²) in [6, 6.07) is 13.2. The third kappa shape index (κ3) is 3.96. The molecule has 0 saturated carbocycles. The first-order valence-corrected chi connectivity index (χ1v) is 9.16. The normalized spacial score (nSPS) is 13.6. The minimum Gasteiger partial charge on any atom is -0.478 e. The quantitative estimate of drug-likeness (QED) is 0.885. The highest BCUT2D eigenvalue weighted by Gasteiger charge is 2.22. The first-order chi connectivity index (χ1) is 12.5. The van der Waals surface area contributed by atoms with Crippen LogP contribution >= 0.6 is 0 Å². The Kier molecular flexibility index (Phi) is 5.40. The standard InChI is InChI=1S/C22H25NO3/c1-15(2)19-5-3-4-18-14-23(13-12-20(18)19)21(24)11-8-16-6-9-17(10-7-16)22(25)26/h3-7,9-10,15H,8,11-14H2,1-2H3,(H,25,26). The maximum Gasteiger partial charge on any atom is 0.335 e. The van der Waals surface area contributed by atoms with Crippen molar-refractivity contribution >= 4 is 11.9 Å². The number of hydrogen-bond donors (Lipinski definition) is 1. The van der Waals surface area contributed by atoms with Gasteiger partial charge in [0, 0.05) is 19.5 Å². The van der Waals surface area contributed by atoms with Crippen LogP contribution in [0.2, 0.25) is 0 Å². The summed E-state index contributed by atoms with van der Waals surface area (Å²) >= 11 is 0. The molecule has 0 aliphatic carbocycles. The molecule has 0 spiro atoms. The number of rotatable bonds is 5. The molecule has 136 valence electrons. The fourth-order valence-corrected chi connectivity index (χ4v) is 3.62. The average Bonchev–Trinajstić information content (AvgIpc) is 2.65. The van der Waals surface area contributed by atoms with Crippen molar-refractivity contribution in [2.45, 2.75) is 45.6 Å². The highest BCUT2D eigenvalue weighted by atomic mass is 16.4. The molecular weight excluding hydrogens is 326 g/mol. The Hall–Kier alpha value is -2.62. The zero-order valence-corrected chi connectivity index (χ0v) is 15.4. The summed E-state index contributed by atoms with van der Waals surface area (Å²) in [4.78, 5) is 25.4. The molecule has 26 heavy (non-hydrogen) atoms. The number of carbonyl (C=O) groups is 2. The topological polar surface area (TPSA) is 57.6 Å². The van der Waals surface area contributed by atoms with Gasteiger partial charge in [0.15, 0.2) is 0 Å². The lowest BCUT2D eigenvalue weighted by molar-refractivity contribution is -0.132. The van der Waals surface area contributed by atoms with Crippen LogP contribution in [0, 0.1) is 0 Å². The van der Waals surface area contributed by atoms with Crippen LogP contribution in [0.25, 0.3) is 0 Å². The zero-order chi connectivity index (χ0) is 18.7. The van der Waals surface area contributed by atoms with Gasteiger partial charge in [-0.2, -0.15) is 0 Å². The van der Waals surface area contributed by atoms with Crippen LogP contribution in [0.4, 0.5) is 0 Å². The summed E-state index contributed by atoms with van der Waals surface area (Å²) in [7, 11) is 0. The second-order valence-corrected chi connectivity index (χ2v) is 7.21. The molecule has 2 aromatic rings. The molecule has 4 nitrogen and oxygen atoms in total. The Balaban J connectivity index is 1.61. The van der Waals surface area contributed by atoms with Gasteiger partial charge in [0.1, 0.15) is 0 Å². The number of hydrogen-bond acceptors (Lipinski definition) is 2. The Morgan fingerprint density at radius 1 is 1.12 bits per heavy atom. The van der Waals surface area contributed by atoms with E-state index in [9.17, 15) is 9.59 Å². The van der Waals surface area contributed by atoms with Crippen LogP contribution < -0.4 is 0 Å². The van der Waals surface area contributed by atoms with Crippen LogP contribution in [0.3, 0.4) is 0 Å². The summed E-state index contributed by atoms with van der Waals surface area (Å²) in [6.45, 7) is 5.88. The molecule has 2 aromatic carbocycles. The third-order valence-electron chi connectivity index (χ3n) is 5.11. The third-order valence-corrected chi connectivity index (χ3v) is 5.11. The molecule has 0 fully saturated rings. The number of carboxylic acid groups (broad SMARTS) is 1. The molecule has 3 rings (SSSR count). The number of carboxylic acids is 1. The second-order valence-electron chi connectivity index (χ2n) is 7.21. The fourth-order valence-electron chi connectivity index (χ4n) is 3.62. The molecule has 1 aliphatic heterocycles. The lowest BCUT2D eigenvalue weighted by Gasteiger charge is -2.31. The Labute approximate surface area is 154 Å². The summed E-state index contributed by atoms with van der Waals surface area (Å²) in [5.41, 5.74) is 5.34. The summed E-state index contributed by atoms with van der Waals surface area (Å²) < 4.78 is 0. The molecule has 1 N–H and O–H groups in total. The van der Waals surface area contributed by atoms with E-state index in [1.165, 1.54) is 16.7 Å². The first-order valence-electron chi connectivity index (χ1n) is 9.16. The molecule has 1 heterocycles. The number of fused-ring (bicyclic) bond motifs is 1. The lowest BCUT2D eigenvalue weighted by atomic mass is 9.89. The molecule has 1 amide bonds. The van der Waals surface area contributed by atoms with Gasteiger partial charge >= 0.3 is 5.97 Å². The maximum absolute atomic E-state index is 12.6. The van der Waals surface area contributed by atoms with Crippen molar-refractivity contribution in [2.75, 3.05) is 6.54 Å². The molecule has 4 heteroatoms. The van der Waals surface area contributed by atoms with Crippen molar-refractivity contribution in [1.29, 1.82) is 0 Å². The van der Waals surface area contributed by atoms with E-state index in [1.807, 2.05) is 4.90 Å². The Morgan fingerprint density at radius 2 is 1.85 bits per heavy atom. The monoisotopic (exact) mass is 351 g/mol. The van der Waals surface area contributed by atoms with Crippen molar-refractivity contribution < 1.29 is 14.7 Å². The number of carbonyl (C=O) groups excluding carboxylic acids is 1. The second kappa shape index (κ2) is 7.73. The maximum atomic E-state index is 12.6. The van der Waals surface area contributed by atoms with E-state index in [2.05, 4.69) is 32.0 Å². The van der Waals surface area contributed by atoms with Gasteiger partial charge in [-0.3, -0.25) is 4.79 Å². The van der Waals surface area contributed by atoms with E-state index in [-0.39, 0.29) is 11.5 Å². The first kappa shape index (κ1) is 18.2. The minimum absolute atomic E-state index is 0.160. The number of benzene rings is 2. The van der Waals surface area contributed by atoms with Crippen molar-refractivity contribution in [3.05, 3.63) is 70.3 Å². The summed E-state index contributed by atoms with van der Waals surface area (Å²) in [6.07, 6.45) is 2.00.